The summed E-state index contributed by atoms with van der Waals surface area (Å²) >= 11 is 0. The van der Waals surface area contributed by atoms with E-state index in [0.717, 1.165) is 22.5 Å². The molecule has 176 valence electrons. The zero-order chi connectivity index (χ0) is 23.5. The van der Waals surface area contributed by atoms with E-state index >= 15 is 0 Å². The molecule has 0 spiro atoms. The quantitative estimate of drug-likeness (QED) is 0.430. The van der Waals surface area contributed by atoms with Gasteiger partial charge in [-0.1, -0.05) is 62.4 Å². The predicted molar refractivity (Wildman–Crippen MR) is 121 cm³/mol. The summed E-state index contributed by atoms with van der Waals surface area (Å²) in [6, 6.07) is 19.6. The van der Waals surface area contributed by atoms with Gasteiger partial charge in [0.2, 0.25) is 12.2 Å². The second-order valence-electron chi connectivity index (χ2n) is 8.55. The molecule has 8 nitrogen and oxygen atoms in total. The molecular weight excluding hydrogens is 424 g/mol. The van der Waals surface area contributed by atoms with Crippen LogP contribution in [0.2, 0.25) is 0 Å². The molecule has 4 N–H and O–H groups in total. The van der Waals surface area contributed by atoms with Crippen LogP contribution >= 0.6 is 0 Å². The first-order chi connectivity index (χ1) is 15.9. The van der Waals surface area contributed by atoms with Crippen LogP contribution < -0.4 is 4.74 Å². The summed E-state index contributed by atoms with van der Waals surface area (Å²) in [5.74, 6) is 0.360. The van der Waals surface area contributed by atoms with Gasteiger partial charge in [-0.25, -0.2) is 4.68 Å². The maximum atomic E-state index is 10.5. The van der Waals surface area contributed by atoms with Crippen LogP contribution in [0.1, 0.15) is 36.6 Å². The van der Waals surface area contributed by atoms with Gasteiger partial charge in [0.25, 0.3) is 0 Å². The fourth-order valence-electron chi connectivity index (χ4n) is 4.14. The van der Waals surface area contributed by atoms with E-state index in [9.17, 15) is 20.4 Å². The number of rotatable bonds is 7. The molecule has 0 amide bonds. The Labute approximate surface area is 192 Å². The Morgan fingerprint density at radius 3 is 2.18 bits per heavy atom. The van der Waals surface area contributed by atoms with Crippen LogP contribution in [-0.4, -0.2) is 67.5 Å². The van der Waals surface area contributed by atoms with Crippen LogP contribution in [-0.2, 0) is 11.2 Å². The summed E-state index contributed by atoms with van der Waals surface area (Å²) in [5.41, 5.74) is 3.70. The smallest absolute Gasteiger partial charge is 0.239 e. The summed E-state index contributed by atoms with van der Waals surface area (Å²) in [6.45, 7) is 3.61. The van der Waals surface area contributed by atoms with Crippen molar-refractivity contribution in [3.8, 4) is 11.6 Å². The van der Waals surface area contributed by atoms with Crippen molar-refractivity contribution in [2.75, 3.05) is 6.61 Å². The average Bonchev–Trinajstić information content (AvgIpc) is 3.18. The number of hydrogen-bond acceptors (Lipinski definition) is 7. The third kappa shape index (κ3) is 4.80. The molecule has 0 saturated carbocycles. The molecule has 1 aliphatic heterocycles. The largest absolute Gasteiger partial charge is 0.443 e. The normalized spacial score (nSPS) is 25.4. The van der Waals surface area contributed by atoms with Gasteiger partial charge in [-0.2, -0.15) is 0 Å². The number of aliphatic hydroxyl groups excluding tert-OH is 4. The Balaban J connectivity index is 1.77. The lowest BCUT2D eigenvalue weighted by Gasteiger charge is -2.39. The molecule has 0 radical (unpaired) electrons. The minimum absolute atomic E-state index is 0.101. The number of nitrogens with zero attached hydrogens (tertiary/aromatic N) is 2. The molecule has 33 heavy (non-hydrogen) atoms. The van der Waals surface area contributed by atoms with Crippen LogP contribution in [0.25, 0.3) is 5.69 Å². The number of aliphatic hydroxyl groups is 4. The fourth-order valence-corrected chi connectivity index (χ4v) is 4.14. The average molecular weight is 455 g/mol. The highest BCUT2D eigenvalue weighted by Crippen LogP contribution is 2.34. The summed E-state index contributed by atoms with van der Waals surface area (Å²) in [4.78, 5) is 0. The summed E-state index contributed by atoms with van der Waals surface area (Å²) in [7, 11) is 0. The highest BCUT2D eigenvalue weighted by Gasteiger charge is 2.45. The third-order valence-electron chi connectivity index (χ3n) is 5.83. The molecule has 5 atom stereocenters. The highest BCUT2D eigenvalue weighted by molar-refractivity contribution is 5.44. The molecule has 0 bridgehead atoms. The van der Waals surface area contributed by atoms with Gasteiger partial charge in [-0.3, -0.25) is 0 Å². The summed E-state index contributed by atoms with van der Waals surface area (Å²) in [5, 5.41) is 45.0. The van der Waals surface area contributed by atoms with Gasteiger partial charge in [0.05, 0.1) is 18.0 Å². The number of ether oxygens (including phenoxy) is 2. The van der Waals surface area contributed by atoms with Crippen LogP contribution in [0.15, 0.2) is 60.7 Å². The maximum Gasteiger partial charge on any atom is 0.239 e. The Hall–Kier alpha value is -2.75. The zero-order valence-corrected chi connectivity index (χ0v) is 18.7. The molecule has 1 saturated heterocycles. The van der Waals surface area contributed by atoms with Crippen molar-refractivity contribution in [2.24, 2.45) is 0 Å². The molecule has 0 unspecified atom stereocenters. The van der Waals surface area contributed by atoms with Crippen molar-refractivity contribution in [3.63, 3.8) is 0 Å². The first-order valence-electron chi connectivity index (χ1n) is 11.1. The minimum Gasteiger partial charge on any atom is -0.443 e. The van der Waals surface area contributed by atoms with Crippen molar-refractivity contribution in [2.45, 2.75) is 56.9 Å². The van der Waals surface area contributed by atoms with Crippen molar-refractivity contribution in [1.29, 1.82) is 0 Å². The van der Waals surface area contributed by atoms with Gasteiger partial charge < -0.3 is 29.9 Å². The maximum absolute atomic E-state index is 10.5. The molecule has 4 rings (SSSR count). The van der Waals surface area contributed by atoms with Crippen LogP contribution in [0, 0.1) is 0 Å². The number of aromatic nitrogens is 2. The lowest BCUT2D eigenvalue weighted by atomic mass is 9.98. The van der Waals surface area contributed by atoms with Crippen LogP contribution in [0.3, 0.4) is 0 Å². The molecule has 0 aliphatic carbocycles. The monoisotopic (exact) mass is 454 g/mol. The lowest BCUT2D eigenvalue weighted by Crippen LogP contribution is -2.60. The van der Waals surface area contributed by atoms with Crippen molar-refractivity contribution in [1.82, 2.24) is 9.78 Å². The van der Waals surface area contributed by atoms with Gasteiger partial charge in [0, 0.05) is 12.0 Å². The molecule has 1 aromatic heterocycles. The Morgan fingerprint density at radius 2 is 1.58 bits per heavy atom. The van der Waals surface area contributed by atoms with E-state index in [-0.39, 0.29) is 11.8 Å². The Kier molecular flexibility index (Phi) is 7.11. The molecular formula is C25H30N2O6. The van der Waals surface area contributed by atoms with Gasteiger partial charge in [0.15, 0.2) is 0 Å². The van der Waals surface area contributed by atoms with E-state index in [2.05, 4.69) is 13.8 Å². The van der Waals surface area contributed by atoms with Gasteiger partial charge in [0.1, 0.15) is 24.4 Å². The van der Waals surface area contributed by atoms with E-state index in [1.165, 1.54) is 0 Å². The minimum atomic E-state index is -1.53. The lowest BCUT2D eigenvalue weighted by molar-refractivity contribution is -0.278. The Bertz CT molecular complexity index is 1040. The van der Waals surface area contributed by atoms with E-state index < -0.39 is 37.3 Å². The molecule has 3 aromatic rings. The molecule has 2 aromatic carbocycles. The van der Waals surface area contributed by atoms with E-state index in [0.29, 0.717) is 6.42 Å². The van der Waals surface area contributed by atoms with Crippen LogP contribution in [0.5, 0.6) is 5.88 Å². The molecule has 1 aliphatic rings. The molecule has 2 heterocycles. The fraction of sp³-hybridized carbons (Fsp3) is 0.400. The number of benzene rings is 2. The first kappa shape index (κ1) is 23.4. The molecule has 8 heteroatoms. The topological polar surface area (TPSA) is 117 Å². The molecule has 1 fully saturated rings. The van der Waals surface area contributed by atoms with E-state index in [1.807, 2.05) is 65.3 Å². The second kappa shape index (κ2) is 10.0. The standard InChI is InChI=1S/C25H30N2O6/c1-15(2)20-18(13-16-9-5-3-6-10-16)24(26-27(20)17-11-7-4-8-12-17)33-25-23(31)22(30)21(29)19(14-28)32-25/h3-12,15,19,21-23,25,28-31H,13-14H2,1-2H3/t19-,21-,22+,23-,25+/m1/s1. The number of para-hydroxylation sites is 1. The second-order valence-corrected chi connectivity index (χ2v) is 8.55. The zero-order valence-electron chi connectivity index (χ0n) is 18.7. The van der Waals surface area contributed by atoms with Crippen LogP contribution in [0.4, 0.5) is 0 Å². The number of hydrogen-bond donors (Lipinski definition) is 4. The predicted octanol–water partition coefficient (Wildman–Crippen LogP) is 1.77. The first-order valence-corrected chi connectivity index (χ1v) is 11.1. The van der Waals surface area contributed by atoms with Crippen molar-refractivity contribution < 1.29 is 29.9 Å². The summed E-state index contributed by atoms with van der Waals surface area (Å²) < 4.78 is 13.4. The third-order valence-corrected chi connectivity index (χ3v) is 5.83. The summed E-state index contributed by atoms with van der Waals surface area (Å²) in [6.07, 6.45) is -6.34. The van der Waals surface area contributed by atoms with E-state index in [1.54, 1.807) is 0 Å². The highest BCUT2D eigenvalue weighted by atomic mass is 16.7. The van der Waals surface area contributed by atoms with Gasteiger partial charge >= 0.3 is 0 Å². The van der Waals surface area contributed by atoms with Gasteiger partial charge in [-0.05, 0) is 23.6 Å². The van der Waals surface area contributed by atoms with Crippen molar-refractivity contribution >= 4 is 0 Å². The van der Waals surface area contributed by atoms with Gasteiger partial charge in [-0.15, -0.1) is 5.10 Å². The van der Waals surface area contributed by atoms with E-state index in [4.69, 9.17) is 14.6 Å². The van der Waals surface area contributed by atoms with Crippen molar-refractivity contribution in [3.05, 3.63) is 77.5 Å². The Morgan fingerprint density at radius 1 is 0.939 bits per heavy atom. The SMILES string of the molecule is CC(C)c1c(Cc2ccccc2)c(O[C@@H]2O[C@H](CO)[C@@H](O)[C@H](O)[C@H]2O)nn1-c1ccccc1.